The Morgan fingerprint density at radius 1 is 1.36 bits per heavy atom. The fourth-order valence-corrected chi connectivity index (χ4v) is 0.951. The van der Waals surface area contributed by atoms with Gasteiger partial charge in [0.1, 0.15) is 5.75 Å². The van der Waals surface area contributed by atoms with Crippen LogP contribution in [0.1, 0.15) is 0 Å². The molecule has 0 bridgehead atoms. The third-order valence-corrected chi connectivity index (χ3v) is 1.64. The van der Waals surface area contributed by atoms with Crippen molar-refractivity contribution >= 4 is 47.1 Å². The zero-order chi connectivity index (χ0) is 9.68. The third-order valence-electron chi connectivity index (χ3n) is 1.37. The van der Waals surface area contributed by atoms with E-state index in [1.54, 1.807) is 24.3 Å². The number of carbonyl (C=O) groups excluding carboxylic acids is 1. The summed E-state index contributed by atoms with van der Waals surface area (Å²) in [5.41, 5.74) is -1.09. The largest absolute Gasteiger partial charge is 0.465 e. The van der Waals surface area contributed by atoms with E-state index >= 15 is 0 Å². The molecule has 14 heavy (non-hydrogen) atoms. The van der Waals surface area contributed by atoms with Crippen molar-refractivity contribution in [2.45, 2.75) is 5.56 Å². The van der Waals surface area contributed by atoms with Gasteiger partial charge in [0.05, 0.1) is 7.11 Å². The predicted molar refractivity (Wildman–Crippen MR) is 54.5 cm³/mol. The van der Waals surface area contributed by atoms with Crippen molar-refractivity contribution < 1.29 is 14.3 Å². The van der Waals surface area contributed by atoms with Crippen LogP contribution in [0.3, 0.4) is 0 Å². The molecule has 71 valence electrons. The fourth-order valence-electron chi connectivity index (χ4n) is 0.759. The SMILES string of the molecule is COC(=O)C(Cl)Oc1ccccc1.[Na]. The van der Waals surface area contributed by atoms with Gasteiger partial charge in [0, 0.05) is 29.6 Å². The number of rotatable bonds is 3. The Labute approximate surface area is 110 Å². The third kappa shape index (κ3) is 4.33. The molecule has 3 nitrogen and oxygen atoms in total. The number of ether oxygens (including phenoxy) is 2. The van der Waals surface area contributed by atoms with Crippen LogP contribution in [0.2, 0.25) is 0 Å². The number of hydrogen-bond acceptors (Lipinski definition) is 3. The summed E-state index contributed by atoms with van der Waals surface area (Å²) in [5.74, 6) is -0.0709. The Morgan fingerprint density at radius 2 is 1.93 bits per heavy atom. The molecule has 1 rings (SSSR count). The van der Waals surface area contributed by atoms with Crippen molar-refractivity contribution in [3.05, 3.63) is 30.3 Å². The minimum Gasteiger partial charge on any atom is -0.465 e. The number of methoxy groups -OCH3 is 1. The quantitative estimate of drug-likeness (QED) is 0.442. The van der Waals surface area contributed by atoms with Gasteiger partial charge in [0.25, 0.3) is 5.56 Å². The van der Waals surface area contributed by atoms with Gasteiger partial charge in [-0.2, -0.15) is 0 Å². The maximum atomic E-state index is 10.8. The van der Waals surface area contributed by atoms with Crippen molar-refractivity contribution in [2.24, 2.45) is 0 Å². The Morgan fingerprint density at radius 3 is 2.43 bits per heavy atom. The van der Waals surface area contributed by atoms with E-state index in [-0.39, 0.29) is 29.6 Å². The van der Waals surface area contributed by atoms with E-state index in [4.69, 9.17) is 16.3 Å². The first kappa shape index (κ1) is 13.8. The average Bonchev–Trinajstić information content (AvgIpc) is 2.18. The summed E-state index contributed by atoms with van der Waals surface area (Å²) in [6.07, 6.45) is 0. The second kappa shape index (κ2) is 7.12. The van der Waals surface area contributed by atoms with Gasteiger partial charge in [-0.15, -0.1) is 0 Å². The molecule has 0 saturated heterocycles. The number of alkyl halides is 1. The molecule has 0 fully saturated rings. The van der Waals surface area contributed by atoms with E-state index in [0.29, 0.717) is 5.75 Å². The smallest absolute Gasteiger partial charge is 0.363 e. The summed E-state index contributed by atoms with van der Waals surface area (Å²) < 4.78 is 9.45. The van der Waals surface area contributed by atoms with Crippen molar-refractivity contribution in [3.8, 4) is 5.75 Å². The Balaban J connectivity index is 0.00000169. The number of halogens is 1. The van der Waals surface area contributed by atoms with Crippen molar-refractivity contribution in [2.75, 3.05) is 7.11 Å². The van der Waals surface area contributed by atoms with E-state index in [1.807, 2.05) is 6.07 Å². The molecule has 5 heteroatoms. The molecule has 0 spiro atoms. The maximum Gasteiger partial charge on any atom is 0.363 e. The first-order valence-electron chi connectivity index (χ1n) is 3.67. The van der Waals surface area contributed by atoms with Crippen molar-refractivity contribution in [3.63, 3.8) is 0 Å². The summed E-state index contributed by atoms with van der Waals surface area (Å²) in [7, 11) is 1.26. The topological polar surface area (TPSA) is 35.5 Å². The molecule has 1 unspecified atom stereocenters. The van der Waals surface area contributed by atoms with Crippen LogP contribution in [0.4, 0.5) is 0 Å². The van der Waals surface area contributed by atoms with Gasteiger partial charge in [-0.3, -0.25) is 0 Å². The summed E-state index contributed by atoms with van der Waals surface area (Å²) in [5, 5.41) is 0. The average molecular weight is 224 g/mol. The molecule has 0 amide bonds. The molecule has 1 radical (unpaired) electrons. The van der Waals surface area contributed by atoms with Crippen molar-refractivity contribution in [1.82, 2.24) is 0 Å². The normalized spacial score (nSPS) is 11.0. The van der Waals surface area contributed by atoms with E-state index < -0.39 is 11.5 Å². The van der Waals surface area contributed by atoms with Crippen LogP contribution in [0.15, 0.2) is 30.3 Å². The molecule has 1 aromatic rings. The molecule has 0 aliphatic heterocycles. The van der Waals surface area contributed by atoms with Crippen LogP contribution >= 0.6 is 11.6 Å². The van der Waals surface area contributed by atoms with Gasteiger partial charge < -0.3 is 9.47 Å². The monoisotopic (exact) mass is 223 g/mol. The van der Waals surface area contributed by atoms with Crippen LogP contribution in [-0.2, 0) is 9.53 Å². The van der Waals surface area contributed by atoms with Crippen molar-refractivity contribution in [1.29, 1.82) is 0 Å². The van der Waals surface area contributed by atoms with Gasteiger partial charge in [-0.05, 0) is 12.1 Å². The molecule has 1 aromatic carbocycles. The number of para-hydroxylation sites is 1. The molecular formula is C9H9ClNaO3. The summed E-state index contributed by atoms with van der Waals surface area (Å²) in [4.78, 5) is 10.8. The van der Waals surface area contributed by atoms with Crippen LogP contribution in [0.25, 0.3) is 0 Å². The van der Waals surface area contributed by atoms with Crippen LogP contribution in [-0.4, -0.2) is 48.2 Å². The summed E-state index contributed by atoms with van der Waals surface area (Å²) in [6, 6.07) is 8.83. The molecule has 1 atom stereocenters. The zero-order valence-electron chi connectivity index (χ0n) is 8.07. The summed E-state index contributed by atoms with van der Waals surface area (Å²) >= 11 is 5.57. The molecule has 0 saturated carbocycles. The first-order chi connectivity index (χ1) is 6.24. The van der Waals surface area contributed by atoms with Gasteiger partial charge in [-0.25, -0.2) is 4.79 Å². The Kier molecular flexibility index (Phi) is 7.01. The van der Waals surface area contributed by atoms with E-state index in [0.717, 1.165) is 0 Å². The van der Waals surface area contributed by atoms with Crippen LogP contribution < -0.4 is 4.74 Å². The second-order valence-corrected chi connectivity index (χ2v) is 2.67. The maximum absolute atomic E-state index is 10.8. The number of hydrogen-bond donors (Lipinski definition) is 0. The van der Waals surface area contributed by atoms with E-state index in [1.165, 1.54) is 7.11 Å². The van der Waals surface area contributed by atoms with Gasteiger partial charge in [0.2, 0.25) is 0 Å². The first-order valence-corrected chi connectivity index (χ1v) is 4.11. The molecule has 0 heterocycles. The van der Waals surface area contributed by atoms with Gasteiger partial charge >= 0.3 is 5.97 Å². The fraction of sp³-hybridized carbons (Fsp3) is 0.222. The Bertz CT molecular complexity index is 279. The molecule has 0 N–H and O–H groups in total. The second-order valence-electron chi connectivity index (χ2n) is 2.27. The number of esters is 1. The Hall–Kier alpha value is -0.220. The number of carbonyl (C=O) groups is 1. The minimum absolute atomic E-state index is 0. The molecular weight excluding hydrogens is 215 g/mol. The molecule has 0 aromatic heterocycles. The van der Waals surface area contributed by atoms with E-state index in [9.17, 15) is 4.79 Å². The van der Waals surface area contributed by atoms with Gasteiger partial charge in [-0.1, -0.05) is 29.8 Å². The van der Waals surface area contributed by atoms with E-state index in [2.05, 4.69) is 4.74 Å². The van der Waals surface area contributed by atoms with Gasteiger partial charge in [0.15, 0.2) is 0 Å². The molecule has 0 aliphatic carbocycles. The standard InChI is InChI=1S/C9H9ClO3.Na/c1-12-9(11)8(10)13-7-5-3-2-4-6-7;/h2-6,8H,1H3;. The zero-order valence-corrected chi connectivity index (χ0v) is 10.8. The minimum atomic E-state index is -1.09. The number of benzene rings is 1. The summed E-state index contributed by atoms with van der Waals surface area (Å²) in [6.45, 7) is 0. The predicted octanol–water partition coefficient (Wildman–Crippen LogP) is 1.42. The van der Waals surface area contributed by atoms with Crippen LogP contribution in [0, 0.1) is 0 Å². The molecule has 0 aliphatic rings. The van der Waals surface area contributed by atoms with Crippen LogP contribution in [0.5, 0.6) is 5.75 Å².